The molecule has 12 N–H and O–H groups in total. The van der Waals surface area contributed by atoms with Gasteiger partial charge in [0, 0.05) is 0 Å². The van der Waals surface area contributed by atoms with E-state index in [2.05, 4.69) is 75.6 Å². The molecular formula is C38H67N9O12S3. The number of fused-ring (bicyclic) bond motifs is 5. The number of H-pyrrole nitrogens is 6. The number of aromatic nitrogens is 6. The SMILES string of the molecule is CC(CC[C@@H](C)[C@H]1CCC2C3C[C@H](OS(=O)(=O)[O-])C4C[C@H](OS(=O)(=O)[O-])[C@@H](OS(=O)(=O)[O-])C[C@]4(C)C3CC[C@@]21C)C(C)(C)C.Nc1[nH]cc[nH+]1.Nc1[nH]cc[nH+]1.Nc1[nH]cc[nH+]1. The standard InChI is InChI=1S/C29H52O12S3.3C3H5N3/c1-17(8-9-18(2)27(3,4)5)20-10-11-21-19-14-24(39-42(30,31)32)23-15-25(40-43(33,34)35)26(41-44(36,37)38)16-29(23,7)22(19)12-13-28(20,21)6;3*4-3-5-1-2-6-3/h17-26H,8-16H2,1-7H3,(H,30,31,32)(H,33,34,35)(H,36,37,38);3*1-2H,(H3,4,5,6)/t17-,18?,19?,20-,21?,22?,23?,24+,25+,26+,28-,29-;;;/m1.../s1. The normalized spacial score (nSPS) is 31.8. The molecule has 5 unspecified atom stereocenters. The molecule has 0 amide bonds. The van der Waals surface area contributed by atoms with Crippen LogP contribution in [0.1, 0.15) is 106 Å². The van der Waals surface area contributed by atoms with Crippen LogP contribution in [0.25, 0.3) is 0 Å². The highest BCUT2D eigenvalue weighted by Crippen LogP contribution is 2.69. The van der Waals surface area contributed by atoms with E-state index >= 15 is 0 Å². The van der Waals surface area contributed by atoms with Crippen molar-refractivity contribution in [2.24, 2.45) is 57.7 Å². The van der Waals surface area contributed by atoms with Gasteiger partial charge in [-0.2, -0.15) is 0 Å². The van der Waals surface area contributed by atoms with E-state index in [1.54, 1.807) is 37.2 Å². The molecule has 3 heterocycles. The molecule has 0 aromatic carbocycles. The molecule has 7 rings (SSSR count). The van der Waals surface area contributed by atoms with Crippen LogP contribution in [-0.4, -0.2) is 72.2 Å². The fourth-order valence-electron chi connectivity index (χ4n) is 11.1. The van der Waals surface area contributed by atoms with Crippen LogP contribution in [0, 0.1) is 57.7 Å². The predicted molar refractivity (Wildman–Crippen MR) is 222 cm³/mol. The summed E-state index contributed by atoms with van der Waals surface area (Å²) < 4.78 is 120. The molecule has 354 valence electrons. The van der Waals surface area contributed by atoms with E-state index in [0.717, 1.165) is 38.5 Å². The fraction of sp³-hybridized carbons (Fsp3) is 0.763. The Hall–Kier alpha value is -3.36. The topological polar surface area (TPSA) is 367 Å². The highest BCUT2D eigenvalue weighted by Gasteiger charge is 2.64. The molecule has 4 aliphatic rings. The molecule has 0 spiro atoms. The summed E-state index contributed by atoms with van der Waals surface area (Å²) in [5.74, 6) is 2.59. The lowest BCUT2D eigenvalue weighted by atomic mass is 9.43. The largest absolute Gasteiger partial charge is 0.726 e. The minimum atomic E-state index is -5.35. The summed E-state index contributed by atoms with van der Waals surface area (Å²) in [7, 11) is -15.8. The molecule has 12 atom stereocenters. The predicted octanol–water partition coefficient (Wildman–Crippen LogP) is 2.73. The smallest absolute Gasteiger partial charge is 0.350 e. The van der Waals surface area contributed by atoms with Crippen molar-refractivity contribution in [3.8, 4) is 0 Å². The van der Waals surface area contributed by atoms with Gasteiger partial charge in [-0.05, 0) is 109 Å². The maximum atomic E-state index is 11.9. The van der Waals surface area contributed by atoms with Crippen LogP contribution in [0.3, 0.4) is 0 Å². The number of rotatable bonds is 10. The molecule has 21 nitrogen and oxygen atoms in total. The first-order valence-corrected chi connectivity index (χ1v) is 24.9. The van der Waals surface area contributed by atoms with Crippen LogP contribution in [-0.2, 0) is 43.7 Å². The van der Waals surface area contributed by atoms with Crippen molar-refractivity contribution < 1.29 is 66.4 Å². The van der Waals surface area contributed by atoms with Crippen LogP contribution in [0.2, 0.25) is 0 Å². The van der Waals surface area contributed by atoms with E-state index in [1.165, 1.54) is 0 Å². The van der Waals surface area contributed by atoms with E-state index < -0.39 is 60.8 Å². The molecule has 0 radical (unpaired) electrons. The summed E-state index contributed by atoms with van der Waals surface area (Å²) >= 11 is 0. The third kappa shape index (κ3) is 14.1. The van der Waals surface area contributed by atoms with Crippen LogP contribution in [0.4, 0.5) is 17.8 Å². The average Bonchev–Trinajstić information content (AvgIpc) is 3.96. The number of anilines is 3. The van der Waals surface area contributed by atoms with Crippen LogP contribution >= 0.6 is 0 Å². The van der Waals surface area contributed by atoms with Gasteiger partial charge >= 0.3 is 17.8 Å². The molecule has 4 saturated carbocycles. The van der Waals surface area contributed by atoms with Gasteiger partial charge in [0.15, 0.2) is 0 Å². The quantitative estimate of drug-likeness (QED) is 0.126. The first-order valence-electron chi connectivity index (χ1n) is 20.9. The number of hydrogen-bond donors (Lipinski definition) is 6. The lowest BCUT2D eigenvalue weighted by Gasteiger charge is -2.63. The van der Waals surface area contributed by atoms with Gasteiger partial charge in [0.1, 0.15) is 12.2 Å². The Balaban J connectivity index is 0.000000381. The first kappa shape index (κ1) is 51.3. The average molecular weight is 938 g/mol. The van der Waals surface area contributed by atoms with Crippen molar-refractivity contribution in [2.75, 3.05) is 17.2 Å². The van der Waals surface area contributed by atoms with E-state index in [1.807, 2.05) is 6.92 Å². The van der Waals surface area contributed by atoms with Gasteiger partial charge in [-0.15, -0.1) is 0 Å². The molecule has 3 aromatic heterocycles. The van der Waals surface area contributed by atoms with E-state index in [0.29, 0.717) is 35.6 Å². The second-order valence-corrected chi connectivity index (χ2v) is 22.0. The van der Waals surface area contributed by atoms with Crippen LogP contribution in [0.5, 0.6) is 0 Å². The summed E-state index contributed by atoms with van der Waals surface area (Å²) in [6, 6.07) is 0. The lowest BCUT2D eigenvalue weighted by Crippen LogP contribution is -2.62. The Kier molecular flexibility index (Phi) is 16.7. The second kappa shape index (κ2) is 20.2. The van der Waals surface area contributed by atoms with E-state index in [9.17, 15) is 38.9 Å². The van der Waals surface area contributed by atoms with Crippen molar-refractivity contribution in [3.63, 3.8) is 0 Å². The summed E-state index contributed by atoms with van der Waals surface area (Å²) in [5.41, 5.74) is 14.8. The minimum absolute atomic E-state index is 0.0269. The molecule has 0 aliphatic heterocycles. The van der Waals surface area contributed by atoms with Gasteiger partial charge < -0.3 is 13.7 Å². The van der Waals surface area contributed by atoms with Crippen LogP contribution < -0.4 is 32.2 Å². The Morgan fingerprint density at radius 3 is 1.53 bits per heavy atom. The number of nitrogen functional groups attached to an aromatic ring is 3. The fourth-order valence-corrected chi connectivity index (χ4v) is 12.6. The molecule has 4 fully saturated rings. The second-order valence-electron chi connectivity index (χ2n) is 19.0. The van der Waals surface area contributed by atoms with Crippen LogP contribution in [0.15, 0.2) is 37.2 Å². The third-order valence-corrected chi connectivity index (χ3v) is 15.8. The number of hydrogen-bond acceptors (Lipinski definition) is 15. The zero-order valence-electron chi connectivity index (χ0n) is 36.5. The number of aromatic amines is 6. The molecule has 0 bridgehead atoms. The number of nitrogens with one attached hydrogen (secondary N) is 6. The van der Waals surface area contributed by atoms with Crippen molar-refractivity contribution in [1.29, 1.82) is 0 Å². The Bertz CT molecular complexity index is 2080. The van der Waals surface area contributed by atoms with Crippen molar-refractivity contribution in [2.45, 2.75) is 125 Å². The zero-order valence-corrected chi connectivity index (χ0v) is 38.9. The highest BCUT2D eigenvalue weighted by atomic mass is 32.3. The third-order valence-electron chi connectivity index (χ3n) is 14.3. The zero-order chi connectivity index (χ0) is 46.5. The van der Waals surface area contributed by atoms with Gasteiger partial charge in [-0.1, -0.05) is 54.9 Å². The number of imidazole rings is 3. The Morgan fingerprint density at radius 1 is 0.677 bits per heavy atom. The number of nitrogens with two attached hydrogens (primary N) is 3. The van der Waals surface area contributed by atoms with Gasteiger partial charge in [0.25, 0.3) is 0 Å². The summed E-state index contributed by atoms with van der Waals surface area (Å²) in [6.45, 7) is 15.6. The highest BCUT2D eigenvalue weighted by molar-refractivity contribution is 7.81. The van der Waals surface area contributed by atoms with E-state index in [-0.39, 0.29) is 47.8 Å². The Morgan fingerprint density at radius 2 is 1.13 bits per heavy atom. The monoisotopic (exact) mass is 937 g/mol. The van der Waals surface area contributed by atoms with Gasteiger partial charge in [0.05, 0.1) is 43.3 Å². The molecular weight excluding hydrogens is 871 g/mol. The first-order chi connectivity index (χ1) is 28.5. The van der Waals surface area contributed by atoms with Gasteiger partial charge in [-0.25, -0.2) is 55.2 Å². The summed E-state index contributed by atoms with van der Waals surface area (Å²) in [5, 5.41) is 0. The molecule has 0 saturated heterocycles. The maximum absolute atomic E-state index is 11.9. The summed E-state index contributed by atoms with van der Waals surface area (Å²) in [6.07, 6.45) is 11.5. The van der Waals surface area contributed by atoms with Gasteiger partial charge in [-0.3, -0.25) is 29.8 Å². The minimum Gasteiger partial charge on any atom is -0.726 e. The molecule has 3 aromatic rings. The van der Waals surface area contributed by atoms with Crippen molar-refractivity contribution >= 4 is 49.0 Å². The van der Waals surface area contributed by atoms with Gasteiger partial charge in [0.2, 0.25) is 31.2 Å². The van der Waals surface area contributed by atoms with Crippen molar-refractivity contribution in [3.05, 3.63) is 37.2 Å². The Labute approximate surface area is 365 Å². The molecule has 4 aliphatic carbocycles. The maximum Gasteiger partial charge on any atom is 0.350 e. The van der Waals surface area contributed by atoms with E-state index in [4.69, 9.17) is 25.6 Å². The summed E-state index contributed by atoms with van der Waals surface area (Å²) in [4.78, 5) is 16.3. The lowest BCUT2D eigenvalue weighted by molar-refractivity contribution is -0.358. The molecule has 62 heavy (non-hydrogen) atoms. The molecule has 24 heteroatoms. The van der Waals surface area contributed by atoms with Crippen molar-refractivity contribution in [1.82, 2.24) is 15.0 Å².